The van der Waals surface area contributed by atoms with Crippen LogP contribution in [0.1, 0.15) is 65.7 Å². The largest absolute Gasteiger partial charge is 0.490 e. The van der Waals surface area contributed by atoms with Crippen LogP contribution in [-0.4, -0.2) is 40.9 Å². The van der Waals surface area contributed by atoms with E-state index < -0.39 is 17.5 Å². The molecule has 1 aromatic rings. The first-order valence-corrected chi connectivity index (χ1v) is 11.4. The molecule has 2 saturated carbocycles. The van der Waals surface area contributed by atoms with Crippen molar-refractivity contribution in [3.05, 3.63) is 24.3 Å². The smallest absolute Gasteiger partial charge is 0.325 e. The highest BCUT2D eigenvalue weighted by Gasteiger charge is 2.56. The molecule has 2 aliphatic carbocycles. The number of carbonyl (C=O) groups excluding carboxylic acids is 3. The Morgan fingerprint density at radius 2 is 1.97 bits per heavy atom. The summed E-state index contributed by atoms with van der Waals surface area (Å²) in [6, 6.07) is 6.78. The monoisotopic (exact) mass is 427 g/mol. The number of imide groups is 1. The molecule has 3 aliphatic rings. The van der Waals surface area contributed by atoms with E-state index in [0.717, 1.165) is 29.9 Å². The zero-order chi connectivity index (χ0) is 22.2. The topological polar surface area (TPSA) is 87.7 Å². The minimum Gasteiger partial charge on any atom is -0.490 e. The molecule has 2 unspecified atom stereocenters. The fraction of sp³-hybridized carbons (Fsp3) is 0.625. The SMILES string of the molecule is CC1CC(C)(C)CC2(C1)NC(=O)N(CC(=O)Nc1cccc(OC3CCCC3)c1)C2=O. The Hall–Kier alpha value is -2.57. The summed E-state index contributed by atoms with van der Waals surface area (Å²) >= 11 is 0. The number of hydrogen-bond donors (Lipinski definition) is 2. The lowest BCUT2D eigenvalue weighted by Gasteiger charge is -2.43. The fourth-order valence-electron chi connectivity index (χ4n) is 5.84. The van der Waals surface area contributed by atoms with Crippen LogP contribution in [-0.2, 0) is 9.59 Å². The van der Waals surface area contributed by atoms with Gasteiger partial charge in [0.2, 0.25) is 5.91 Å². The molecule has 0 bridgehead atoms. The molecule has 0 radical (unpaired) electrons. The predicted octanol–water partition coefficient (Wildman–Crippen LogP) is 4.08. The lowest BCUT2D eigenvalue weighted by Crippen LogP contribution is -2.54. The van der Waals surface area contributed by atoms with Gasteiger partial charge in [-0.2, -0.15) is 0 Å². The van der Waals surface area contributed by atoms with Gasteiger partial charge in [0.25, 0.3) is 5.91 Å². The van der Waals surface area contributed by atoms with Crippen molar-refractivity contribution in [2.45, 2.75) is 77.4 Å². The number of hydrogen-bond acceptors (Lipinski definition) is 4. The van der Waals surface area contributed by atoms with Crippen LogP contribution in [0.2, 0.25) is 0 Å². The summed E-state index contributed by atoms with van der Waals surface area (Å²) in [7, 11) is 0. The molecule has 2 atom stereocenters. The first-order chi connectivity index (χ1) is 14.7. The highest BCUT2D eigenvalue weighted by atomic mass is 16.5. The molecule has 1 aliphatic heterocycles. The third kappa shape index (κ3) is 4.70. The minimum atomic E-state index is -0.895. The van der Waals surface area contributed by atoms with E-state index in [1.54, 1.807) is 12.1 Å². The number of nitrogens with zero attached hydrogens (tertiary/aromatic N) is 1. The maximum absolute atomic E-state index is 13.2. The quantitative estimate of drug-likeness (QED) is 0.693. The molecule has 4 amide bonds. The second kappa shape index (κ2) is 8.17. The number of benzene rings is 1. The van der Waals surface area contributed by atoms with Gasteiger partial charge in [-0.15, -0.1) is 0 Å². The molecule has 4 rings (SSSR count). The van der Waals surface area contributed by atoms with Crippen molar-refractivity contribution in [3.8, 4) is 5.75 Å². The van der Waals surface area contributed by atoms with Crippen LogP contribution in [0.5, 0.6) is 5.75 Å². The van der Waals surface area contributed by atoms with Gasteiger partial charge >= 0.3 is 6.03 Å². The summed E-state index contributed by atoms with van der Waals surface area (Å²) in [6.07, 6.45) is 6.93. The number of anilines is 1. The van der Waals surface area contributed by atoms with E-state index >= 15 is 0 Å². The van der Waals surface area contributed by atoms with E-state index in [0.29, 0.717) is 24.4 Å². The van der Waals surface area contributed by atoms with Crippen molar-refractivity contribution < 1.29 is 19.1 Å². The van der Waals surface area contributed by atoms with Crippen LogP contribution in [0, 0.1) is 11.3 Å². The summed E-state index contributed by atoms with van der Waals surface area (Å²) in [5.74, 6) is 0.355. The van der Waals surface area contributed by atoms with Crippen molar-refractivity contribution in [1.82, 2.24) is 10.2 Å². The number of rotatable bonds is 5. The van der Waals surface area contributed by atoms with Crippen molar-refractivity contribution in [3.63, 3.8) is 0 Å². The summed E-state index contributed by atoms with van der Waals surface area (Å²) < 4.78 is 5.99. The standard InChI is InChI=1S/C24H33N3O4/c1-16-12-23(2,3)15-24(13-16)21(29)27(22(30)26-24)14-20(28)25-17-7-6-10-19(11-17)31-18-8-4-5-9-18/h6-7,10-11,16,18H,4-5,8-9,12-15H2,1-3H3,(H,25,28)(H,26,30). The van der Waals surface area contributed by atoms with Gasteiger partial charge in [0.15, 0.2) is 0 Å². The summed E-state index contributed by atoms with van der Waals surface area (Å²) in [4.78, 5) is 39.5. The maximum Gasteiger partial charge on any atom is 0.325 e. The van der Waals surface area contributed by atoms with E-state index in [1.807, 2.05) is 12.1 Å². The van der Waals surface area contributed by atoms with Crippen LogP contribution in [0.25, 0.3) is 0 Å². The first-order valence-electron chi connectivity index (χ1n) is 11.4. The lowest BCUT2D eigenvalue weighted by molar-refractivity contribution is -0.136. The van der Waals surface area contributed by atoms with E-state index in [1.165, 1.54) is 12.8 Å². The van der Waals surface area contributed by atoms with Gasteiger partial charge in [0, 0.05) is 11.8 Å². The Kier molecular flexibility index (Phi) is 5.71. The van der Waals surface area contributed by atoms with E-state index in [9.17, 15) is 14.4 Å². The summed E-state index contributed by atoms with van der Waals surface area (Å²) in [5, 5.41) is 5.71. The molecule has 1 spiro atoms. The zero-order valence-corrected chi connectivity index (χ0v) is 18.7. The van der Waals surface area contributed by atoms with E-state index in [2.05, 4.69) is 31.4 Å². The average molecular weight is 428 g/mol. The normalized spacial score (nSPS) is 28.1. The van der Waals surface area contributed by atoms with Gasteiger partial charge in [0.1, 0.15) is 17.8 Å². The molecule has 1 saturated heterocycles. The second-order valence-corrected chi connectivity index (χ2v) is 10.4. The van der Waals surface area contributed by atoms with Crippen LogP contribution < -0.4 is 15.4 Å². The minimum absolute atomic E-state index is 0.0430. The summed E-state index contributed by atoms with van der Waals surface area (Å²) in [5.41, 5.74) is -0.346. The Labute approximate surface area is 183 Å². The number of amides is 4. The Morgan fingerprint density at radius 3 is 2.68 bits per heavy atom. The number of urea groups is 1. The second-order valence-electron chi connectivity index (χ2n) is 10.4. The number of nitrogens with one attached hydrogen (secondary N) is 2. The highest BCUT2D eigenvalue weighted by Crippen LogP contribution is 2.46. The van der Waals surface area contributed by atoms with E-state index in [-0.39, 0.29) is 24.0 Å². The maximum atomic E-state index is 13.2. The molecule has 7 nitrogen and oxygen atoms in total. The van der Waals surface area contributed by atoms with Crippen molar-refractivity contribution in [1.29, 1.82) is 0 Å². The van der Waals surface area contributed by atoms with Crippen LogP contribution in [0.3, 0.4) is 0 Å². The zero-order valence-electron chi connectivity index (χ0n) is 18.7. The Morgan fingerprint density at radius 1 is 1.23 bits per heavy atom. The third-order valence-corrected chi connectivity index (χ3v) is 6.65. The van der Waals surface area contributed by atoms with Gasteiger partial charge in [-0.05, 0) is 68.4 Å². The first kappa shape index (κ1) is 21.7. The molecule has 1 aromatic carbocycles. The van der Waals surface area contributed by atoms with Gasteiger partial charge in [-0.25, -0.2) is 4.79 Å². The van der Waals surface area contributed by atoms with Gasteiger partial charge in [-0.3, -0.25) is 14.5 Å². The molecule has 168 valence electrons. The van der Waals surface area contributed by atoms with Crippen molar-refractivity contribution >= 4 is 23.5 Å². The number of ether oxygens (including phenoxy) is 1. The lowest BCUT2D eigenvalue weighted by atomic mass is 9.64. The van der Waals surface area contributed by atoms with Gasteiger partial charge in [0.05, 0.1) is 6.10 Å². The predicted molar refractivity (Wildman–Crippen MR) is 118 cm³/mol. The fourth-order valence-corrected chi connectivity index (χ4v) is 5.84. The highest BCUT2D eigenvalue weighted by molar-refractivity contribution is 6.10. The molecule has 7 heteroatoms. The van der Waals surface area contributed by atoms with Crippen molar-refractivity contribution in [2.75, 3.05) is 11.9 Å². The van der Waals surface area contributed by atoms with Crippen LogP contribution in [0.4, 0.5) is 10.5 Å². The van der Waals surface area contributed by atoms with Crippen molar-refractivity contribution in [2.24, 2.45) is 11.3 Å². The molecule has 3 fully saturated rings. The van der Waals surface area contributed by atoms with Gasteiger partial charge in [-0.1, -0.05) is 26.8 Å². The van der Waals surface area contributed by atoms with Gasteiger partial charge < -0.3 is 15.4 Å². The molecule has 0 aromatic heterocycles. The Balaban J connectivity index is 1.39. The summed E-state index contributed by atoms with van der Waals surface area (Å²) in [6.45, 7) is 6.06. The van der Waals surface area contributed by atoms with Crippen LogP contribution in [0.15, 0.2) is 24.3 Å². The third-order valence-electron chi connectivity index (χ3n) is 6.65. The number of carbonyl (C=O) groups is 3. The molecule has 1 heterocycles. The molecular formula is C24H33N3O4. The molecule has 31 heavy (non-hydrogen) atoms. The molecular weight excluding hydrogens is 394 g/mol. The molecule has 2 N–H and O–H groups in total. The van der Waals surface area contributed by atoms with E-state index in [4.69, 9.17) is 4.74 Å². The Bertz CT molecular complexity index is 877. The van der Waals surface area contributed by atoms with Crippen LogP contribution >= 0.6 is 0 Å². The average Bonchev–Trinajstić information content (AvgIpc) is 3.23.